The summed E-state index contributed by atoms with van der Waals surface area (Å²) in [4.78, 5) is 28.1. The third-order valence-electron chi connectivity index (χ3n) is 3.73. The third kappa shape index (κ3) is 4.39. The molecule has 0 bridgehead atoms. The molecule has 6 heteroatoms. The zero-order valence-corrected chi connectivity index (χ0v) is 13.7. The quantitative estimate of drug-likeness (QED) is 0.855. The first-order valence-electron chi connectivity index (χ1n) is 7.69. The SMILES string of the molecule is CC(=O)N[C@H](CC(=O)Nc1nc(C2CC2)cs1)c1ccccc1. The molecule has 2 N–H and O–H groups in total. The van der Waals surface area contributed by atoms with Crippen molar-refractivity contribution in [3.8, 4) is 0 Å². The second-order valence-corrected chi connectivity index (χ2v) is 6.63. The lowest BCUT2D eigenvalue weighted by Gasteiger charge is -2.17. The molecule has 1 atom stereocenters. The number of hydrogen-bond donors (Lipinski definition) is 2. The Morgan fingerprint density at radius 2 is 2.04 bits per heavy atom. The van der Waals surface area contributed by atoms with E-state index in [1.54, 1.807) is 0 Å². The summed E-state index contributed by atoms with van der Waals surface area (Å²) in [7, 11) is 0. The van der Waals surface area contributed by atoms with E-state index in [0.717, 1.165) is 11.3 Å². The molecule has 0 unspecified atom stereocenters. The number of amides is 2. The van der Waals surface area contributed by atoms with E-state index in [0.29, 0.717) is 11.0 Å². The number of nitrogens with one attached hydrogen (secondary N) is 2. The van der Waals surface area contributed by atoms with Gasteiger partial charge in [-0.1, -0.05) is 30.3 Å². The highest BCUT2D eigenvalue weighted by Crippen LogP contribution is 2.40. The van der Waals surface area contributed by atoms with E-state index in [1.165, 1.54) is 31.1 Å². The molecule has 1 aliphatic rings. The van der Waals surface area contributed by atoms with Crippen molar-refractivity contribution in [3.05, 3.63) is 47.0 Å². The minimum atomic E-state index is -0.337. The van der Waals surface area contributed by atoms with Gasteiger partial charge in [0.1, 0.15) is 0 Å². The van der Waals surface area contributed by atoms with Gasteiger partial charge in [0, 0.05) is 18.2 Å². The minimum Gasteiger partial charge on any atom is -0.349 e. The monoisotopic (exact) mass is 329 g/mol. The molecule has 23 heavy (non-hydrogen) atoms. The number of anilines is 1. The Morgan fingerprint density at radius 1 is 1.30 bits per heavy atom. The zero-order valence-electron chi connectivity index (χ0n) is 12.9. The van der Waals surface area contributed by atoms with Gasteiger partial charge in [0.2, 0.25) is 11.8 Å². The van der Waals surface area contributed by atoms with Crippen molar-refractivity contribution in [2.24, 2.45) is 0 Å². The summed E-state index contributed by atoms with van der Waals surface area (Å²) in [5.41, 5.74) is 1.99. The molecule has 5 nitrogen and oxygen atoms in total. The van der Waals surface area contributed by atoms with Crippen molar-refractivity contribution in [1.29, 1.82) is 0 Å². The Kier molecular flexibility index (Phi) is 4.71. The first-order valence-corrected chi connectivity index (χ1v) is 8.57. The maximum atomic E-state index is 12.3. The normalized spacial score (nSPS) is 15.0. The smallest absolute Gasteiger partial charge is 0.228 e. The molecule has 120 valence electrons. The number of nitrogens with zero attached hydrogens (tertiary/aromatic N) is 1. The van der Waals surface area contributed by atoms with Crippen molar-refractivity contribution in [3.63, 3.8) is 0 Å². The van der Waals surface area contributed by atoms with Crippen LogP contribution in [-0.2, 0) is 9.59 Å². The molecule has 1 aliphatic carbocycles. The third-order valence-corrected chi connectivity index (χ3v) is 4.51. The molecule has 1 fully saturated rings. The summed E-state index contributed by atoms with van der Waals surface area (Å²) < 4.78 is 0. The highest BCUT2D eigenvalue weighted by molar-refractivity contribution is 7.13. The summed E-state index contributed by atoms with van der Waals surface area (Å²) in [5.74, 6) is 0.273. The fourth-order valence-corrected chi connectivity index (χ4v) is 3.26. The van der Waals surface area contributed by atoms with E-state index < -0.39 is 0 Å². The van der Waals surface area contributed by atoms with Gasteiger partial charge in [-0.15, -0.1) is 11.3 Å². The van der Waals surface area contributed by atoms with Crippen LogP contribution in [0.15, 0.2) is 35.7 Å². The van der Waals surface area contributed by atoms with Crippen molar-refractivity contribution in [2.45, 2.75) is 38.1 Å². The lowest BCUT2D eigenvalue weighted by atomic mass is 10.0. The zero-order chi connectivity index (χ0) is 16.2. The van der Waals surface area contributed by atoms with Gasteiger partial charge >= 0.3 is 0 Å². The number of benzene rings is 1. The number of carbonyl (C=O) groups is 2. The molecular formula is C17H19N3O2S. The largest absolute Gasteiger partial charge is 0.349 e. The molecule has 0 spiro atoms. The molecule has 0 saturated heterocycles. The van der Waals surface area contributed by atoms with Crippen LogP contribution in [0.1, 0.15) is 49.4 Å². The molecule has 2 amide bonds. The lowest BCUT2D eigenvalue weighted by Crippen LogP contribution is -2.29. The minimum absolute atomic E-state index is 0.149. The standard InChI is InChI=1S/C17H19N3O2S/c1-11(21)18-14(12-5-3-2-4-6-12)9-16(22)20-17-19-15(10-23-17)13-7-8-13/h2-6,10,13-14H,7-9H2,1H3,(H,18,21)(H,19,20,22)/t14-/m1/s1. The van der Waals surface area contributed by atoms with E-state index in [2.05, 4.69) is 15.6 Å². The van der Waals surface area contributed by atoms with Crippen molar-refractivity contribution < 1.29 is 9.59 Å². The van der Waals surface area contributed by atoms with Gasteiger partial charge < -0.3 is 10.6 Å². The number of rotatable bonds is 6. The molecule has 1 aromatic heterocycles. The lowest BCUT2D eigenvalue weighted by molar-refractivity contribution is -0.120. The van der Waals surface area contributed by atoms with Crippen LogP contribution in [0.5, 0.6) is 0 Å². The number of carbonyl (C=O) groups excluding carboxylic acids is 2. The Hall–Kier alpha value is -2.21. The van der Waals surface area contributed by atoms with Crippen LogP contribution in [0.4, 0.5) is 5.13 Å². The number of aromatic nitrogens is 1. The predicted molar refractivity (Wildman–Crippen MR) is 90.3 cm³/mol. The van der Waals surface area contributed by atoms with Crippen molar-refractivity contribution in [2.75, 3.05) is 5.32 Å². The van der Waals surface area contributed by atoms with Gasteiger partial charge in [0.25, 0.3) is 0 Å². The summed E-state index contributed by atoms with van der Waals surface area (Å²) >= 11 is 1.45. The first-order chi connectivity index (χ1) is 11.1. The Morgan fingerprint density at radius 3 is 2.70 bits per heavy atom. The van der Waals surface area contributed by atoms with E-state index in [1.807, 2.05) is 35.7 Å². The average molecular weight is 329 g/mol. The summed E-state index contributed by atoms with van der Waals surface area (Å²) in [5, 5.41) is 8.31. The molecule has 0 aliphatic heterocycles. The average Bonchev–Trinajstić information content (AvgIpc) is 3.27. The molecule has 3 rings (SSSR count). The number of hydrogen-bond acceptors (Lipinski definition) is 4. The number of thiazole rings is 1. The second-order valence-electron chi connectivity index (χ2n) is 5.77. The Bertz CT molecular complexity index is 695. The van der Waals surface area contributed by atoms with Gasteiger partial charge in [-0.25, -0.2) is 4.98 Å². The van der Waals surface area contributed by atoms with Crippen LogP contribution in [0, 0.1) is 0 Å². The Balaban J connectivity index is 1.63. The molecule has 0 radical (unpaired) electrons. The van der Waals surface area contributed by atoms with E-state index in [4.69, 9.17) is 0 Å². The van der Waals surface area contributed by atoms with Gasteiger partial charge in [-0.2, -0.15) is 0 Å². The molecule has 1 saturated carbocycles. The van der Waals surface area contributed by atoms with Crippen LogP contribution < -0.4 is 10.6 Å². The van der Waals surface area contributed by atoms with Crippen LogP contribution in [0.25, 0.3) is 0 Å². The van der Waals surface area contributed by atoms with Crippen LogP contribution in [-0.4, -0.2) is 16.8 Å². The van der Waals surface area contributed by atoms with E-state index in [9.17, 15) is 9.59 Å². The predicted octanol–water partition coefficient (Wildman–Crippen LogP) is 3.23. The van der Waals surface area contributed by atoms with Crippen LogP contribution in [0.2, 0.25) is 0 Å². The highest BCUT2D eigenvalue weighted by Gasteiger charge is 2.26. The molecule has 1 heterocycles. The fraction of sp³-hybridized carbons (Fsp3) is 0.353. The van der Waals surface area contributed by atoms with Crippen LogP contribution >= 0.6 is 11.3 Å². The van der Waals surface area contributed by atoms with Crippen molar-refractivity contribution >= 4 is 28.3 Å². The summed E-state index contributed by atoms with van der Waals surface area (Å²) in [6, 6.07) is 9.17. The van der Waals surface area contributed by atoms with E-state index in [-0.39, 0.29) is 24.3 Å². The van der Waals surface area contributed by atoms with Crippen molar-refractivity contribution in [1.82, 2.24) is 10.3 Å². The molecule has 2 aromatic rings. The van der Waals surface area contributed by atoms with Gasteiger partial charge in [0.15, 0.2) is 5.13 Å². The topological polar surface area (TPSA) is 71.1 Å². The summed E-state index contributed by atoms with van der Waals surface area (Å²) in [6.07, 6.45) is 2.56. The van der Waals surface area contributed by atoms with Gasteiger partial charge in [-0.3, -0.25) is 9.59 Å². The second kappa shape index (κ2) is 6.91. The van der Waals surface area contributed by atoms with E-state index >= 15 is 0 Å². The maximum absolute atomic E-state index is 12.3. The van der Waals surface area contributed by atoms with Crippen LogP contribution in [0.3, 0.4) is 0 Å². The molecule has 1 aromatic carbocycles. The highest BCUT2D eigenvalue weighted by atomic mass is 32.1. The fourth-order valence-electron chi connectivity index (χ4n) is 2.45. The van der Waals surface area contributed by atoms with Gasteiger partial charge in [-0.05, 0) is 18.4 Å². The maximum Gasteiger partial charge on any atom is 0.228 e. The van der Waals surface area contributed by atoms with Gasteiger partial charge in [0.05, 0.1) is 18.2 Å². The summed E-state index contributed by atoms with van der Waals surface area (Å²) in [6.45, 7) is 1.45. The molecular weight excluding hydrogens is 310 g/mol. The Labute approximate surface area is 139 Å². The first kappa shape index (κ1) is 15.7.